The summed E-state index contributed by atoms with van der Waals surface area (Å²) in [6.07, 6.45) is 2.22. The van der Waals surface area contributed by atoms with Gasteiger partial charge in [0.25, 0.3) is 0 Å². The first-order valence-corrected chi connectivity index (χ1v) is 7.64. The highest BCUT2D eigenvalue weighted by Crippen LogP contribution is 2.43. The van der Waals surface area contributed by atoms with Gasteiger partial charge in [-0.3, -0.25) is 4.79 Å². The molecule has 0 aliphatic heterocycles. The van der Waals surface area contributed by atoms with Gasteiger partial charge in [0, 0.05) is 15.1 Å². The maximum Gasteiger partial charge on any atom is 0.311 e. The molecule has 0 bridgehead atoms. The molecule has 8 heteroatoms. The van der Waals surface area contributed by atoms with Gasteiger partial charge in [-0.2, -0.15) is 0 Å². The van der Waals surface area contributed by atoms with E-state index in [1.807, 2.05) is 6.07 Å². The average molecular weight is 372 g/mol. The number of halogens is 2. The van der Waals surface area contributed by atoms with Crippen molar-refractivity contribution >= 4 is 33.5 Å². The zero-order chi connectivity index (χ0) is 15.0. The maximum atomic E-state index is 11.5. The van der Waals surface area contributed by atoms with Gasteiger partial charge >= 0.3 is 5.97 Å². The molecule has 0 radical (unpaired) electrons. The predicted molar refractivity (Wildman–Crippen MR) is 79.9 cm³/mol. The summed E-state index contributed by atoms with van der Waals surface area (Å²) < 4.78 is 2.35. The minimum atomic E-state index is -0.791. The Morgan fingerprint density at radius 3 is 2.86 bits per heavy atom. The van der Waals surface area contributed by atoms with Gasteiger partial charge in [0.05, 0.1) is 12.0 Å². The fraction of sp³-hybridized carbons (Fsp3) is 0.385. The van der Waals surface area contributed by atoms with Gasteiger partial charge < -0.3 is 5.11 Å². The summed E-state index contributed by atoms with van der Waals surface area (Å²) in [5, 5.41) is 21.6. The molecule has 0 saturated heterocycles. The lowest BCUT2D eigenvalue weighted by molar-refractivity contribution is -0.156. The molecule has 2 aromatic rings. The highest BCUT2D eigenvalue weighted by atomic mass is 79.9. The van der Waals surface area contributed by atoms with Crippen LogP contribution in [0.4, 0.5) is 0 Å². The largest absolute Gasteiger partial charge is 0.481 e. The zero-order valence-corrected chi connectivity index (χ0v) is 13.3. The highest BCUT2D eigenvalue weighted by Gasteiger charge is 2.45. The second-order valence-corrected chi connectivity index (χ2v) is 6.51. The van der Waals surface area contributed by atoms with Crippen molar-refractivity contribution in [2.45, 2.75) is 25.8 Å². The molecule has 1 saturated carbocycles. The molecule has 3 rings (SSSR count). The van der Waals surface area contributed by atoms with Crippen molar-refractivity contribution in [3.63, 3.8) is 0 Å². The summed E-state index contributed by atoms with van der Waals surface area (Å²) in [7, 11) is 0. The van der Waals surface area contributed by atoms with Crippen molar-refractivity contribution in [1.82, 2.24) is 20.2 Å². The number of carboxylic acids is 1. The average Bonchev–Trinajstić information content (AvgIpc) is 2.84. The standard InChI is InChI=1S/C13H12BrClN4O2/c14-10-3-2-8(15)6-9(10)11-16-17-18-19(11)7-13(12(20)21)4-1-5-13/h2-3,6H,1,4-5,7H2,(H,20,21). The molecule has 1 fully saturated rings. The molecule has 21 heavy (non-hydrogen) atoms. The SMILES string of the molecule is O=C(O)C1(Cn2nnnc2-c2cc(Cl)ccc2Br)CCC1. The molecule has 0 unspecified atom stereocenters. The number of hydrogen-bond acceptors (Lipinski definition) is 4. The lowest BCUT2D eigenvalue weighted by Crippen LogP contribution is -2.42. The van der Waals surface area contributed by atoms with Gasteiger partial charge in [-0.1, -0.05) is 34.0 Å². The molecule has 0 spiro atoms. The topological polar surface area (TPSA) is 80.9 Å². The number of tetrazole rings is 1. The van der Waals surface area contributed by atoms with Gasteiger partial charge in [0.1, 0.15) is 0 Å². The molecule has 6 nitrogen and oxygen atoms in total. The highest BCUT2D eigenvalue weighted by molar-refractivity contribution is 9.10. The molecule has 0 amide bonds. The number of hydrogen-bond donors (Lipinski definition) is 1. The van der Waals surface area contributed by atoms with E-state index >= 15 is 0 Å². The van der Waals surface area contributed by atoms with Crippen molar-refractivity contribution in [2.24, 2.45) is 5.41 Å². The van der Waals surface area contributed by atoms with Gasteiger partial charge in [0.15, 0.2) is 5.82 Å². The van der Waals surface area contributed by atoms with E-state index in [1.54, 1.807) is 16.8 Å². The Kier molecular flexibility index (Phi) is 3.71. The molecule has 1 N–H and O–H groups in total. The lowest BCUT2D eigenvalue weighted by atomic mass is 9.69. The van der Waals surface area contributed by atoms with Crippen LogP contribution in [-0.2, 0) is 11.3 Å². The smallest absolute Gasteiger partial charge is 0.311 e. The Hall–Kier alpha value is -1.47. The maximum absolute atomic E-state index is 11.5. The molecule has 1 aromatic carbocycles. The molecular formula is C13H12BrClN4O2. The number of carbonyl (C=O) groups is 1. The van der Waals surface area contributed by atoms with E-state index in [4.69, 9.17) is 11.6 Å². The molecule has 1 aromatic heterocycles. The van der Waals surface area contributed by atoms with Gasteiger partial charge in [-0.25, -0.2) is 4.68 Å². The summed E-state index contributed by atoms with van der Waals surface area (Å²) in [6, 6.07) is 5.32. The number of nitrogens with zero attached hydrogens (tertiary/aromatic N) is 4. The Balaban J connectivity index is 1.98. The normalized spacial score (nSPS) is 16.5. The zero-order valence-electron chi connectivity index (χ0n) is 11.0. The third-order valence-electron chi connectivity index (χ3n) is 3.92. The van der Waals surface area contributed by atoms with Gasteiger partial charge in [0.2, 0.25) is 0 Å². The van der Waals surface area contributed by atoms with Crippen LogP contribution in [0.25, 0.3) is 11.4 Å². The van der Waals surface area contributed by atoms with Crippen molar-refractivity contribution < 1.29 is 9.90 Å². The number of aliphatic carboxylic acids is 1. The monoisotopic (exact) mass is 370 g/mol. The van der Waals surface area contributed by atoms with E-state index in [1.165, 1.54) is 0 Å². The van der Waals surface area contributed by atoms with E-state index in [0.29, 0.717) is 23.7 Å². The molecular weight excluding hydrogens is 360 g/mol. The molecule has 0 atom stereocenters. The fourth-order valence-electron chi connectivity index (χ4n) is 2.50. The first-order valence-electron chi connectivity index (χ1n) is 6.47. The minimum absolute atomic E-state index is 0.267. The predicted octanol–water partition coefficient (Wildman–Crippen LogP) is 3.01. The van der Waals surface area contributed by atoms with Crippen molar-refractivity contribution in [2.75, 3.05) is 0 Å². The van der Waals surface area contributed by atoms with Crippen LogP contribution in [-0.4, -0.2) is 31.3 Å². The van der Waals surface area contributed by atoms with Crippen LogP contribution >= 0.6 is 27.5 Å². The van der Waals surface area contributed by atoms with E-state index in [0.717, 1.165) is 16.5 Å². The first-order chi connectivity index (χ1) is 10.0. The van der Waals surface area contributed by atoms with E-state index in [9.17, 15) is 9.90 Å². The van der Waals surface area contributed by atoms with Crippen molar-refractivity contribution in [3.8, 4) is 11.4 Å². The Morgan fingerprint density at radius 2 is 2.24 bits per heavy atom. The minimum Gasteiger partial charge on any atom is -0.481 e. The number of benzene rings is 1. The van der Waals surface area contributed by atoms with Crippen LogP contribution < -0.4 is 0 Å². The quantitative estimate of drug-likeness (QED) is 0.893. The summed E-state index contributed by atoms with van der Waals surface area (Å²) in [6.45, 7) is 0.267. The molecule has 1 heterocycles. The van der Waals surface area contributed by atoms with Crippen molar-refractivity contribution in [3.05, 3.63) is 27.7 Å². The van der Waals surface area contributed by atoms with E-state index in [-0.39, 0.29) is 6.54 Å². The third-order valence-corrected chi connectivity index (χ3v) is 4.84. The lowest BCUT2D eigenvalue weighted by Gasteiger charge is -2.37. The summed E-state index contributed by atoms with van der Waals surface area (Å²) in [5.74, 6) is -0.280. The van der Waals surface area contributed by atoms with E-state index in [2.05, 4.69) is 31.5 Å². The number of aromatic nitrogens is 4. The number of rotatable bonds is 4. The van der Waals surface area contributed by atoms with Crippen LogP contribution in [0.5, 0.6) is 0 Å². The number of carboxylic acid groups (broad SMARTS) is 1. The molecule has 1 aliphatic carbocycles. The second-order valence-electron chi connectivity index (χ2n) is 5.22. The van der Waals surface area contributed by atoms with Crippen LogP contribution in [0, 0.1) is 5.41 Å². The third kappa shape index (κ3) is 2.55. The van der Waals surface area contributed by atoms with Crippen LogP contribution in [0.15, 0.2) is 22.7 Å². The first kappa shape index (κ1) is 14.5. The van der Waals surface area contributed by atoms with Gasteiger partial charge in [-0.05, 0) is 41.5 Å². The summed E-state index contributed by atoms with van der Waals surface area (Å²) in [4.78, 5) is 11.5. The summed E-state index contributed by atoms with van der Waals surface area (Å²) >= 11 is 9.46. The van der Waals surface area contributed by atoms with Gasteiger partial charge in [-0.15, -0.1) is 5.10 Å². The Labute approximate surface area is 134 Å². The van der Waals surface area contributed by atoms with Crippen LogP contribution in [0.1, 0.15) is 19.3 Å². The fourth-order valence-corrected chi connectivity index (χ4v) is 3.10. The Bertz CT molecular complexity index is 699. The van der Waals surface area contributed by atoms with Crippen LogP contribution in [0.2, 0.25) is 5.02 Å². The Morgan fingerprint density at radius 1 is 1.48 bits per heavy atom. The summed E-state index contributed by atoms with van der Waals surface area (Å²) in [5.41, 5.74) is -0.0119. The molecule has 1 aliphatic rings. The molecule has 110 valence electrons. The van der Waals surface area contributed by atoms with E-state index < -0.39 is 11.4 Å². The van der Waals surface area contributed by atoms with Crippen LogP contribution in [0.3, 0.4) is 0 Å². The van der Waals surface area contributed by atoms with Crippen molar-refractivity contribution in [1.29, 1.82) is 0 Å². The second kappa shape index (κ2) is 5.38.